The molecule has 0 fully saturated rings. The van der Waals surface area contributed by atoms with Crippen LogP contribution in [0.4, 0.5) is 5.69 Å². The van der Waals surface area contributed by atoms with Crippen molar-refractivity contribution in [3.63, 3.8) is 0 Å². The van der Waals surface area contributed by atoms with Crippen molar-refractivity contribution >= 4 is 38.9 Å². The molecule has 0 unspecified atom stereocenters. The Bertz CT molecular complexity index is 587. The van der Waals surface area contributed by atoms with Crippen LogP contribution in [0.2, 0.25) is 0 Å². The van der Waals surface area contributed by atoms with Gasteiger partial charge in [0.2, 0.25) is 0 Å². The molecule has 1 heterocycles. The second-order valence-electron chi connectivity index (χ2n) is 4.63. The number of nitrogen functional groups attached to an aromatic ring is 1. The lowest BCUT2D eigenvalue weighted by Crippen LogP contribution is -2.29. The van der Waals surface area contributed by atoms with Crippen molar-refractivity contribution in [1.29, 1.82) is 0 Å². The first-order chi connectivity index (χ1) is 9.51. The number of hydrogen-bond donors (Lipinski definition) is 1. The zero-order valence-electron chi connectivity index (χ0n) is 11.5. The topological polar surface area (TPSA) is 46.3 Å². The summed E-state index contributed by atoms with van der Waals surface area (Å²) in [6.07, 6.45) is 0. The minimum absolute atomic E-state index is 0.0723. The lowest BCUT2D eigenvalue weighted by atomic mass is 10.2. The van der Waals surface area contributed by atoms with Gasteiger partial charge in [0.15, 0.2) is 0 Å². The van der Waals surface area contributed by atoms with Crippen molar-refractivity contribution in [3.8, 4) is 0 Å². The van der Waals surface area contributed by atoms with E-state index in [0.717, 1.165) is 25.5 Å². The number of halogens is 1. The Hall–Kier alpha value is -1.33. The molecular weight excluding hydrogens is 336 g/mol. The van der Waals surface area contributed by atoms with E-state index in [2.05, 4.69) is 15.9 Å². The summed E-state index contributed by atoms with van der Waals surface area (Å²) in [6.45, 7) is 5.26. The number of carbonyl (C=O) groups is 1. The van der Waals surface area contributed by atoms with Crippen LogP contribution in [-0.2, 0) is 6.54 Å². The van der Waals surface area contributed by atoms with E-state index < -0.39 is 0 Å². The van der Waals surface area contributed by atoms with E-state index in [1.165, 1.54) is 11.3 Å². The van der Waals surface area contributed by atoms with E-state index in [1.807, 2.05) is 49.1 Å². The summed E-state index contributed by atoms with van der Waals surface area (Å²) in [4.78, 5) is 15.1. The van der Waals surface area contributed by atoms with Crippen LogP contribution in [0, 0.1) is 6.92 Å². The molecule has 0 atom stereocenters. The van der Waals surface area contributed by atoms with E-state index >= 15 is 0 Å². The third-order valence-electron chi connectivity index (χ3n) is 3.09. The molecule has 0 aliphatic carbocycles. The van der Waals surface area contributed by atoms with Crippen molar-refractivity contribution in [2.75, 3.05) is 12.3 Å². The Morgan fingerprint density at radius 1 is 1.35 bits per heavy atom. The Balaban J connectivity index is 2.15. The molecule has 0 aliphatic heterocycles. The monoisotopic (exact) mass is 352 g/mol. The van der Waals surface area contributed by atoms with Gasteiger partial charge in [-0.25, -0.2) is 0 Å². The molecule has 20 heavy (non-hydrogen) atoms. The van der Waals surface area contributed by atoms with Gasteiger partial charge in [-0.3, -0.25) is 4.79 Å². The summed E-state index contributed by atoms with van der Waals surface area (Å²) in [6, 6.07) is 9.57. The highest BCUT2D eigenvalue weighted by molar-refractivity contribution is 9.11. The molecule has 1 amide bonds. The second-order valence-corrected chi connectivity index (χ2v) is 7.00. The molecule has 1 aromatic heterocycles. The predicted molar refractivity (Wildman–Crippen MR) is 88.0 cm³/mol. The number of benzene rings is 1. The predicted octanol–water partition coefficient (Wildman–Crippen LogP) is 4.06. The van der Waals surface area contributed by atoms with E-state index in [4.69, 9.17) is 5.73 Å². The van der Waals surface area contributed by atoms with Crippen molar-refractivity contribution in [1.82, 2.24) is 4.90 Å². The maximum Gasteiger partial charge on any atom is 0.264 e. The zero-order valence-corrected chi connectivity index (χ0v) is 13.9. The minimum atomic E-state index is 0.0723. The average Bonchev–Trinajstić information content (AvgIpc) is 2.77. The molecular formula is C15H17BrN2OS. The summed E-state index contributed by atoms with van der Waals surface area (Å²) in [5.41, 5.74) is 8.60. The van der Waals surface area contributed by atoms with Crippen LogP contribution in [0.25, 0.3) is 0 Å². The highest BCUT2D eigenvalue weighted by Gasteiger charge is 2.17. The highest BCUT2D eigenvalue weighted by atomic mass is 79.9. The molecule has 0 bridgehead atoms. The number of carbonyl (C=O) groups excluding carboxylic acids is 1. The zero-order chi connectivity index (χ0) is 14.7. The van der Waals surface area contributed by atoms with Gasteiger partial charge in [0.25, 0.3) is 5.91 Å². The molecule has 0 aliphatic rings. The van der Waals surface area contributed by atoms with Crippen LogP contribution < -0.4 is 5.73 Å². The standard InChI is InChI=1S/C15H17BrN2OS/c1-3-18(9-11-4-6-12(17)7-5-11)15(19)13-8-10(2)14(16)20-13/h4-8H,3,9,17H2,1-2H3. The van der Waals surface area contributed by atoms with Gasteiger partial charge in [0.05, 0.1) is 8.66 Å². The van der Waals surface area contributed by atoms with Gasteiger partial charge >= 0.3 is 0 Å². The number of amides is 1. The van der Waals surface area contributed by atoms with E-state index in [0.29, 0.717) is 13.1 Å². The molecule has 3 nitrogen and oxygen atoms in total. The third-order valence-corrected chi connectivity index (χ3v) is 5.21. The summed E-state index contributed by atoms with van der Waals surface area (Å²) >= 11 is 4.95. The number of anilines is 1. The van der Waals surface area contributed by atoms with Crippen LogP contribution in [-0.4, -0.2) is 17.4 Å². The van der Waals surface area contributed by atoms with Gasteiger partial charge in [0.1, 0.15) is 0 Å². The maximum absolute atomic E-state index is 12.5. The summed E-state index contributed by atoms with van der Waals surface area (Å²) in [5.74, 6) is 0.0723. The second kappa shape index (κ2) is 6.41. The summed E-state index contributed by atoms with van der Waals surface area (Å²) < 4.78 is 1.02. The van der Waals surface area contributed by atoms with Crippen molar-refractivity contribution in [3.05, 3.63) is 50.1 Å². The molecule has 1 aromatic carbocycles. The number of rotatable bonds is 4. The van der Waals surface area contributed by atoms with Crippen molar-refractivity contribution in [2.45, 2.75) is 20.4 Å². The molecule has 106 valence electrons. The first kappa shape index (κ1) is 15.1. The first-order valence-corrected chi connectivity index (χ1v) is 8.01. The summed E-state index contributed by atoms with van der Waals surface area (Å²) in [7, 11) is 0. The number of thiophene rings is 1. The van der Waals surface area contributed by atoms with Crippen LogP contribution >= 0.6 is 27.3 Å². The Kier molecular flexibility index (Phi) is 4.83. The van der Waals surface area contributed by atoms with Crippen molar-refractivity contribution < 1.29 is 4.79 Å². The average molecular weight is 353 g/mol. The van der Waals surface area contributed by atoms with E-state index in [9.17, 15) is 4.79 Å². The van der Waals surface area contributed by atoms with Crippen molar-refractivity contribution in [2.24, 2.45) is 0 Å². The minimum Gasteiger partial charge on any atom is -0.399 e. The molecule has 0 saturated heterocycles. The third kappa shape index (κ3) is 3.41. The molecule has 5 heteroatoms. The van der Waals surface area contributed by atoms with Gasteiger partial charge in [-0.15, -0.1) is 11.3 Å². The SMILES string of the molecule is CCN(Cc1ccc(N)cc1)C(=O)c1cc(C)c(Br)s1. The lowest BCUT2D eigenvalue weighted by molar-refractivity contribution is 0.0757. The largest absolute Gasteiger partial charge is 0.399 e. The van der Waals surface area contributed by atoms with Gasteiger partial charge in [0, 0.05) is 18.8 Å². The number of aryl methyl sites for hydroxylation is 1. The Morgan fingerprint density at radius 3 is 2.50 bits per heavy atom. The molecule has 2 N–H and O–H groups in total. The van der Waals surface area contributed by atoms with Gasteiger partial charge in [-0.2, -0.15) is 0 Å². The Labute approximate surface area is 131 Å². The molecule has 2 aromatic rings. The fraction of sp³-hybridized carbons (Fsp3) is 0.267. The molecule has 0 saturated carbocycles. The van der Waals surface area contributed by atoms with Gasteiger partial charge in [-0.05, 0) is 59.1 Å². The highest BCUT2D eigenvalue weighted by Crippen LogP contribution is 2.28. The van der Waals surface area contributed by atoms with E-state index in [1.54, 1.807) is 0 Å². The number of hydrogen-bond acceptors (Lipinski definition) is 3. The van der Waals surface area contributed by atoms with Crippen LogP contribution in [0.3, 0.4) is 0 Å². The van der Waals surface area contributed by atoms with Gasteiger partial charge in [-0.1, -0.05) is 12.1 Å². The molecule has 0 spiro atoms. The fourth-order valence-corrected chi connectivity index (χ4v) is 3.39. The first-order valence-electron chi connectivity index (χ1n) is 6.41. The summed E-state index contributed by atoms with van der Waals surface area (Å²) in [5, 5.41) is 0. The molecule has 0 radical (unpaired) electrons. The van der Waals surface area contributed by atoms with Crippen LogP contribution in [0.15, 0.2) is 34.1 Å². The maximum atomic E-state index is 12.5. The van der Waals surface area contributed by atoms with E-state index in [-0.39, 0.29) is 5.91 Å². The molecule has 2 rings (SSSR count). The smallest absolute Gasteiger partial charge is 0.264 e. The number of nitrogens with two attached hydrogens (primary N) is 1. The fourth-order valence-electron chi connectivity index (χ4n) is 1.89. The van der Waals surface area contributed by atoms with Crippen LogP contribution in [0.1, 0.15) is 27.7 Å². The quantitative estimate of drug-likeness (QED) is 0.843. The normalized spacial score (nSPS) is 10.6. The number of nitrogens with zero attached hydrogens (tertiary/aromatic N) is 1. The van der Waals surface area contributed by atoms with Crippen LogP contribution in [0.5, 0.6) is 0 Å². The van der Waals surface area contributed by atoms with Gasteiger partial charge < -0.3 is 10.6 Å². The lowest BCUT2D eigenvalue weighted by Gasteiger charge is -2.20. The Morgan fingerprint density at radius 2 is 2.00 bits per heavy atom.